The number of aryl methyl sites for hydroxylation is 2. The third kappa shape index (κ3) is 3.52. The summed E-state index contributed by atoms with van der Waals surface area (Å²) in [4.78, 5) is 0. The normalized spacial score (nSPS) is 17.5. The lowest BCUT2D eigenvalue weighted by molar-refractivity contribution is -0.274. The average molecular weight is 342 g/mol. The fraction of sp³-hybridized carbons (Fsp3) is 0.333. The van der Waals surface area contributed by atoms with Gasteiger partial charge < -0.3 is 4.74 Å². The van der Waals surface area contributed by atoms with Crippen molar-refractivity contribution < 1.29 is 26.7 Å². The largest absolute Gasteiger partial charge is 0.573 e. The van der Waals surface area contributed by atoms with Gasteiger partial charge in [0.15, 0.2) is 0 Å². The average Bonchev–Trinajstić information content (AvgIpc) is 2.44. The van der Waals surface area contributed by atoms with Gasteiger partial charge in [-0.2, -0.15) is 0 Å². The molecule has 1 atom stereocenters. The molecule has 0 aromatic heterocycles. The Morgan fingerprint density at radius 1 is 1.00 bits per heavy atom. The van der Waals surface area contributed by atoms with E-state index < -0.39 is 18.0 Å². The molecule has 1 nitrogen and oxygen atoms in total. The number of hydrogen-bond acceptors (Lipinski definition) is 1. The van der Waals surface area contributed by atoms with Gasteiger partial charge in [-0.25, -0.2) is 8.78 Å². The van der Waals surface area contributed by atoms with Crippen molar-refractivity contribution in [2.75, 3.05) is 0 Å². The fourth-order valence-electron chi connectivity index (χ4n) is 3.28. The van der Waals surface area contributed by atoms with Gasteiger partial charge in [0.2, 0.25) is 0 Å². The van der Waals surface area contributed by atoms with Gasteiger partial charge in [0.1, 0.15) is 17.4 Å². The van der Waals surface area contributed by atoms with E-state index in [2.05, 4.69) is 4.74 Å². The van der Waals surface area contributed by atoms with Crippen LogP contribution in [0.1, 0.15) is 34.6 Å². The van der Waals surface area contributed by atoms with Crippen LogP contribution in [0.25, 0.3) is 0 Å². The second-order valence-electron chi connectivity index (χ2n) is 6.06. The van der Waals surface area contributed by atoms with Crippen molar-refractivity contribution >= 4 is 0 Å². The first-order chi connectivity index (χ1) is 11.2. The van der Waals surface area contributed by atoms with Crippen molar-refractivity contribution in [3.63, 3.8) is 0 Å². The molecule has 1 aliphatic rings. The maximum absolute atomic E-state index is 14.1. The molecule has 3 rings (SSSR count). The van der Waals surface area contributed by atoms with Crippen LogP contribution in [0.4, 0.5) is 22.0 Å². The van der Waals surface area contributed by atoms with Gasteiger partial charge in [0.05, 0.1) is 0 Å². The maximum Gasteiger partial charge on any atom is 0.573 e. The van der Waals surface area contributed by atoms with Gasteiger partial charge in [0.25, 0.3) is 0 Å². The van der Waals surface area contributed by atoms with E-state index in [-0.39, 0.29) is 17.2 Å². The van der Waals surface area contributed by atoms with Crippen LogP contribution in [0, 0.1) is 18.6 Å². The minimum atomic E-state index is -4.74. The summed E-state index contributed by atoms with van der Waals surface area (Å²) in [6.45, 7) is 1.62. The summed E-state index contributed by atoms with van der Waals surface area (Å²) in [5.41, 5.74) is 2.09. The molecule has 0 aliphatic heterocycles. The summed E-state index contributed by atoms with van der Waals surface area (Å²) in [6, 6.07) is 6.71. The first kappa shape index (κ1) is 16.7. The van der Waals surface area contributed by atoms with E-state index in [1.54, 1.807) is 6.92 Å². The summed E-state index contributed by atoms with van der Waals surface area (Å²) in [7, 11) is 0. The van der Waals surface area contributed by atoms with Gasteiger partial charge in [0, 0.05) is 5.56 Å². The molecule has 0 amide bonds. The van der Waals surface area contributed by atoms with Crippen molar-refractivity contribution in [1.82, 2.24) is 0 Å². The van der Waals surface area contributed by atoms with Crippen LogP contribution in [0.5, 0.6) is 5.75 Å². The topological polar surface area (TPSA) is 9.23 Å². The molecular weight excluding hydrogens is 327 g/mol. The van der Waals surface area contributed by atoms with Crippen LogP contribution < -0.4 is 4.74 Å². The predicted molar refractivity (Wildman–Crippen MR) is 79.0 cm³/mol. The molecule has 1 unspecified atom stereocenters. The van der Waals surface area contributed by atoms with Crippen LogP contribution in [-0.2, 0) is 12.8 Å². The maximum atomic E-state index is 14.1. The zero-order valence-electron chi connectivity index (χ0n) is 12.9. The molecule has 0 heterocycles. The Morgan fingerprint density at radius 3 is 2.29 bits per heavy atom. The van der Waals surface area contributed by atoms with Crippen molar-refractivity contribution in [3.05, 3.63) is 64.2 Å². The zero-order chi connectivity index (χ0) is 17.5. The van der Waals surface area contributed by atoms with Crippen molar-refractivity contribution in [2.24, 2.45) is 0 Å². The van der Waals surface area contributed by atoms with E-state index >= 15 is 0 Å². The fourth-order valence-corrected chi connectivity index (χ4v) is 3.28. The molecule has 0 spiro atoms. The highest BCUT2D eigenvalue weighted by molar-refractivity contribution is 5.40. The van der Waals surface area contributed by atoms with E-state index in [9.17, 15) is 22.0 Å². The van der Waals surface area contributed by atoms with Gasteiger partial charge in [-0.15, -0.1) is 13.2 Å². The van der Waals surface area contributed by atoms with E-state index in [0.717, 1.165) is 11.1 Å². The summed E-state index contributed by atoms with van der Waals surface area (Å²) < 4.78 is 69.0. The lowest BCUT2D eigenvalue weighted by Crippen LogP contribution is -2.19. The van der Waals surface area contributed by atoms with Gasteiger partial charge >= 0.3 is 6.36 Å². The third-order valence-electron chi connectivity index (χ3n) is 4.27. The summed E-state index contributed by atoms with van der Waals surface area (Å²) >= 11 is 0. The number of benzene rings is 2. The van der Waals surface area contributed by atoms with Crippen molar-refractivity contribution in [3.8, 4) is 5.75 Å². The van der Waals surface area contributed by atoms with Gasteiger partial charge in [-0.3, -0.25) is 0 Å². The van der Waals surface area contributed by atoms with E-state index in [0.29, 0.717) is 24.8 Å². The third-order valence-corrected chi connectivity index (χ3v) is 4.27. The minimum Gasteiger partial charge on any atom is -0.406 e. The SMILES string of the molecule is Cc1cc(F)c(C2CCc3cc(OC(F)(F)F)ccc3C2)c(F)c1. The quantitative estimate of drug-likeness (QED) is 0.660. The lowest BCUT2D eigenvalue weighted by Gasteiger charge is -2.26. The van der Waals surface area contributed by atoms with Gasteiger partial charge in [-0.05, 0) is 73.1 Å². The lowest BCUT2D eigenvalue weighted by atomic mass is 9.79. The zero-order valence-corrected chi connectivity index (χ0v) is 12.9. The standard InChI is InChI=1S/C18H15F5O/c1-10-6-15(19)17(16(20)7-10)13-3-2-12-9-14(24-18(21,22)23)5-4-11(12)8-13/h4-7,9,13H,2-3,8H2,1H3. The summed E-state index contributed by atoms with van der Waals surface area (Å²) in [5, 5.41) is 0. The van der Waals surface area contributed by atoms with E-state index in [1.807, 2.05) is 0 Å². The molecule has 0 fully saturated rings. The van der Waals surface area contributed by atoms with Gasteiger partial charge in [-0.1, -0.05) is 6.07 Å². The number of fused-ring (bicyclic) bond motifs is 1. The van der Waals surface area contributed by atoms with Crippen LogP contribution in [0.15, 0.2) is 30.3 Å². The Hall–Kier alpha value is -2.11. The highest BCUT2D eigenvalue weighted by Crippen LogP contribution is 2.37. The Morgan fingerprint density at radius 2 is 1.67 bits per heavy atom. The van der Waals surface area contributed by atoms with Crippen LogP contribution in [-0.4, -0.2) is 6.36 Å². The van der Waals surface area contributed by atoms with E-state index in [1.165, 1.54) is 30.3 Å². The smallest absolute Gasteiger partial charge is 0.406 e. The van der Waals surface area contributed by atoms with Crippen molar-refractivity contribution in [1.29, 1.82) is 0 Å². The molecule has 24 heavy (non-hydrogen) atoms. The summed E-state index contributed by atoms with van der Waals surface area (Å²) in [5.74, 6) is -1.74. The minimum absolute atomic E-state index is 0.0573. The molecule has 128 valence electrons. The number of rotatable bonds is 2. The number of halogens is 5. The molecular formula is C18H15F5O. The Labute approximate surface area is 136 Å². The first-order valence-electron chi connectivity index (χ1n) is 7.56. The van der Waals surface area contributed by atoms with Crippen LogP contribution >= 0.6 is 0 Å². The molecule has 2 aromatic rings. The molecule has 0 bridgehead atoms. The molecule has 1 aliphatic carbocycles. The van der Waals surface area contributed by atoms with Crippen molar-refractivity contribution in [2.45, 2.75) is 38.5 Å². The molecule has 0 saturated heterocycles. The van der Waals surface area contributed by atoms with E-state index in [4.69, 9.17) is 0 Å². The van der Waals surface area contributed by atoms with Crippen LogP contribution in [0.2, 0.25) is 0 Å². The molecule has 0 saturated carbocycles. The predicted octanol–water partition coefficient (Wildman–Crippen LogP) is 5.44. The highest BCUT2D eigenvalue weighted by atomic mass is 19.4. The Bertz CT molecular complexity index is 743. The second-order valence-corrected chi connectivity index (χ2v) is 6.06. The second kappa shape index (κ2) is 6.07. The molecule has 6 heteroatoms. The highest BCUT2D eigenvalue weighted by Gasteiger charge is 2.32. The molecule has 2 aromatic carbocycles. The molecule has 0 N–H and O–H groups in total. The number of alkyl halides is 3. The Kier molecular flexibility index (Phi) is 4.24. The monoisotopic (exact) mass is 342 g/mol. The first-order valence-corrected chi connectivity index (χ1v) is 7.56. The van der Waals surface area contributed by atoms with Crippen LogP contribution in [0.3, 0.4) is 0 Å². The number of ether oxygens (including phenoxy) is 1. The summed E-state index contributed by atoms with van der Waals surface area (Å²) in [6.07, 6.45) is -3.43. The Balaban J connectivity index is 1.85. The molecule has 0 radical (unpaired) electrons. The number of hydrogen-bond donors (Lipinski definition) is 0.